The number of hydrogen-bond donors (Lipinski definition) is 1. The molecule has 0 spiro atoms. The minimum atomic E-state index is -1.39. The monoisotopic (exact) mass is 409 g/mol. The molecule has 30 heavy (non-hydrogen) atoms. The third-order valence-corrected chi connectivity index (χ3v) is 6.55. The van der Waals surface area contributed by atoms with E-state index >= 15 is 0 Å². The predicted octanol–water partition coefficient (Wildman–Crippen LogP) is 1.71. The Morgan fingerprint density at radius 2 is 2.03 bits per heavy atom. The van der Waals surface area contributed by atoms with Crippen LogP contribution in [0.4, 0.5) is 11.4 Å². The number of likely N-dealkylation sites (N-methyl/N-ethyl adjacent to an activating group) is 1. The minimum absolute atomic E-state index is 0.0197. The zero-order valence-corrected chi connectivity index (χ0v) is 16.2. The molecule has 3 heterocycles. The highest BCUT2D eigenvalue weighted by Crippen LogP contribution is 2.45. The minimum Gasteiger partial charge on any atom is -0.477 e. The van der Waals surface area contributed by atoms with Crippen LogP contribution < -0.4 is 10.3 Å². The number of likely N-dealkylation sites (tertiary alicyclic amines) is 1. The van der Waals surface area contributed by atoms with Crippen LogP contribution in [0.1, 0.15) is 41.2 Å². The zero-order chi connectivity index (χ0) is 21.3. The molecule has 2 atom stereocenters. The smallest absolute Gasteiger partial charge is 0.341 e. The number of fused-ring (bicyclic) bond motifs is 3. The van der Waals surface area contributed by atoms with E-state index in [4.69, 9.17) is 0 Å². The van der Waals surface area contributed by atoms with Crippen molar-refractivity contribution < 1.29 is 14.8 Å². The number of nitrogens with zero attached hydrogens (tertiary/aromatic N) is 5. The molecule has 0 amide bonds. The van der Waals surface area contributed by atoms with Gasteiger partial charge in [0.15, 0.2) is 0 Å². The molecule has 5 rings (SSSR count). The Bertz CT molecular complexity index is 1220. The number of anilines is 1. The highest BCUT2D eigenvalue weighted by molar-refractivity contribution is 5.99. The van der Waals surface area contributed by atoms with Gasteiger partial charge in [-0.1, -0.05) is 0 Å². The van der Waals surface area contributed by atoms with Crippen LogP contribution in [0, 0.1) is 21.4 Å². The molecule has 154 valence electrons. The molecule has 10 nitrogen and oxygen atoms in total. The number of aromatic carboxylic acids is 1. The lowest BCUT2D eigenvalue weighted by Crippen LogP contribution is -2.45. The van der Waals surface area contributed by atoms with Gasteiger partial charge in [-0.2, -0.15) is 5.26 Å². The highest BCUT2D eigenvalue weighted by Gasteiger charge is 2.45. The van der Waals surface area contributed by atoms with Crippen LogP contribution in [0.25, 0.3) is 10.9 Å². The average Bonchev–Trinajstić information content (AvgIpc) is 3.37. The third kappa shape index (κ3) is 2.52. The summed E-state index contributed by atoms with van der Waals surface area (Å²) in [6, 6.07) is 3.57. The average molecular weight is 409 g/mol. The van der Waals surface area contributed by atoms with E-state index in [1.807, 2.05) is 11.9 Å². The van der Waals surface area contributed by atoms with E-state index in [1.165, 1.54) is 6.20 Å². The Labute approximate surface area is 170 Å². The number of nitro groups is 1. The number of rotatable bonds is 4. The molecule has 3 fully saturated rings. The molecule has 1 aromatic heterocycles. The lowest BCUT2D eigenvalue weighted by atomic mass is 10.0. The van der Waals surface area contributed by atoms with Crippen molar-refractivity contribution in [1.29, 1.82) is 5.26 Å². The van der Waals surface area contributed by atoms with Crippen molar-refractivity contribution in [1.82, 2.24) is 9.47 Å². The quantitative estimate of drug-likeness (QED) is 0.596. The molecular formula is C20H19N5O5. The normalized spacial score (nSPS) is 23.1. The lowest BCUT2D eigenvalue weighted by molar-refractivity contribution is -0.384. The van der Waals surface area contributed by atoms with Gasteiger partial charge < -0.3 is 14.6 Å². The van der Waals surface area contributed by atoms with Crippen molar-refractivity contribution in [2.45, 2.75) is 37.4 Å². The van der Waals surface area contributed by atoms with Crippen LogP contribution in [0.3, 0.4) is 0 Å². The van der Waals surface area contributed by atoms with E-state index in [-0.39, 0.29) is 40.4 Å². The molecule has 2 saturated heterocycles. The molecule has 1 aromatic carbocycles. The van der Waals surface area contributed by atoms with Crippen LogP contribution in [-0.2, 0) is 0 Å². The van der Waals surface area contributed by atoms with Gasteiger partial charge in [0.1, 0.15) is 22.9 Å². The Morgan fingerprint density at radius 3 is 2.53 bits per heavy atom. The maximum Gasteiger partial charge on any atom is 0.341 e. The maximum atomic E-state index is 12.9. The highest BCUT2D eigenvalue weighted by atomic mass is 16.6. The van der Waals surface area contributed by atoms with Crippen molar-refractivity contribution in [3.05, 3.63) is 43.7 Å². The van der Waals surface area contributed by atoms with Gasteiger partial charge in [-0.3, -0.25) is 19.8 Å². The molecule has 2 unspecified atom stereocenters. The topological polar surface area (TPSA) is 133 Å². The van der Waals surface area contributed by atoms with Crippen molar-refractivity contribution in [3.8, 4) is 6.07 Å². The third-order valence-electron chi connectivity index (χ3n) is 6.55. The first-order valence-corrected chi connectivity index (χ1v) is 9.82. The summed E-state index contributed by atoms with van der Waals surface area (Å²) < 4.78 is 1.66. The van der Waals surface area contributed by atoms with E-state index in [9.17, 15) is 30.1 Å². The number of hydrogen-bond acceptors (Lipinski definition) is 7. The van der Waals surface area contributed by atoms with Crippen LogP contribution in [0.2, 0.25) is 0 Å². The zero-order valence-electron chi connectivity index (χ0n) is 16.2. The summed E-state index contributed by atoms with van der Waals surface area (Å²) in [5.41, 5.74) is -0.948. The first kappa shape index (κ1) is 18.6. The summed E-state index contributed by atoms with van der Waals surface area (Å²) in [4.78, 5) is 40.0. The van der Waals surface area contributed by atoms with Crippen molar-refractivity contribution in [3.63, 3.8) is 0 Å². The number of carboxylic acids is 1. The number of nitriles is 1. The number of nitro benzene ring substituents is 1. The van der Waals surface area contributed by atoms with Crippen LogP contribution in [-0.4, -0.2) is 57.7 Å². The molecule has 2 bridgehead atoms. The number of benzene rings is 1. The number of piperazine rings is 1. The van der Waals surface area contributed by atoms with E-state index in [0.717, 1.165) is 31.9 Å². The summed E-state index contributed by atoms with van der Waals surface area (Å²) in [6.45, 7) is 1.32. The lowest BCUT2D eigenvalue weighted by Gasteiger charge is -2.34. The summed E-state index contributed by atoms with van der Waals surface area (Å²) >= 11 is 0. The molecule has 1 N–H and O–H groups in total. The fourth-order valence-electron chi connectivity index (χ4n) is 4.97. The van der Waals surface area contributed by atoms with Crippen molar-refractivity contribution in [2.24, 2.45) is 0 Å². The molecule has 1 saturated carbocycles. The molecular weight excluding hydrogens is 390 g/mol. The Balaban J connectivity index is 1.86. The van der Waals surface area contributed by atoms with Crippen LogP contribution in [0.5, 0.6) is 0 Å². The summed E-state index contributed by atoms with van der Waals surface area (Å²) in [6.07, 6.45) is 3.75. The molecule has 2 aliphatic heterocycles. The van der Waals surface area contributed by atoms with Crippen molar-refractivity contribution >= 4 is 28.2 Å². The van der Waals surface area contributed by atoms with Crippen LogP contribution >= 0.6 is 0 Å². The summed E-state index contributed by atoms with van der Waals surface area (Å²) in [7, 11) is 2.01. The molecule has 1 aliphatic carbocycles. The van der Waals surface area contributed by atoms with Crippen molar-refractivity contribution in [2.75, 3.05) is 25.0 Å². The largest absolute Gasteiger partial charge is 0.477 e. The van der Waals surface area contributed by atoms with Gasteiger partial charge in [0, 0.05) is 43.5 Å². The van der Waals surface area contributed by atoms with Gasteiger partial charge in [-0.05, 0) is 26.3 Å². The van der Waals surface area contributed by atoms with Gasteiger partial charge in [-0.25, -0.2) is 4.79 Å². The van der Waals surface area contributed by atoms with Gasteiger partial charge >= 0.3 is 5.97 Å². The van der Waals surface area contributed by atoms with Gasteiger partial charge in [0.05, 0.1) is 15.8 Å². The van der Waals surface area contributed by atoms with Gasteiger partial charge in [0.25, 0.3) is 5.69 Å². The molecule has 3 aliphatic rings. The summed E-state index contributed by atoms with van der Waals surface area (Å²) in [5, 5.41) is 31.4. The number of carbonyl (C=O) groups is 1. The van der Waals surface area contributed by atoms with Crippen LogP contribution in [0.15, 0.2) is 17.1 Å². The van der Waals surface area contributed by atoms with E-state index in [0.29, 0.717) is 12.1 Å². The molecule has 2 aromatic rings. The molecule has 10 heteroatoms. The Kier molecular flexibility index (Phi) is 3.88. The first-order valence-electron chi connectivity index (χ1n) is 9.82. The fraction of sp³-hybridized carbons (Fsp3) is 0.450. The first-order chi connectivity index (χ1) is 14.3. The van der Waals surface area contributed by atoms with E-state index in [2.05, 4.69) is 11.0 Å². The second kappa shape index (κ2) is 6.27. The van der Waals surface area contributed by atoms with E-state index in [1.54, 1.807) is 4.57 Å². The number of pyridine rings is 1. The Morgan fingerprint density at radius 1 is 1.30 bits per heavy atom. The number of carboxylic acid groups (broad SMARTS) is 1. The Hall–Kier alpha value is -3.45. The summed E-state index contributed by atoms with van der Waals surface area (Å²) in [5.74, 6) is -1.39. The van der Waals surface area contributed by atoms with Gasteiger partial charge in [-0.15, -0.1) is 0 Å². The fourth-order valence-corrected chi connectivity index (χ4v) is 4.97. The second-order valence-electron chi connectivity index (χ2n) is 8.34. The number of aromatic nitrogens is 1. The SMILES string of the molecule is CN1CC2CC1CN2c1c([N+](=O)[O-])cc2c(=O)c(C(=O)O)cn(C3CC3)c2c1C#N. The van der Waals surface area contributed by atoms with E-state index < -0.39 is 21.9 Å². The predicted molar refractivity (Wildman–Crippen MR) is 107 cm³/mol. The van der Waals surface area contributed by atoms with Gasteiger partial charge in [0.2, 0.25) is 5.43 Å². The standard InChI is InChI=1S/C20H19N5O5/c1-22-7-12-4-11(22)8-23(12)18-14(6-21)17-13(5-16(18)25(29)30)19(26)15(20(27)28)9-24(17)10-2-3-10/h5,9-12H,2-4,7-8H2,1H3,(H,27,28). The molecule has 0 radical (unpaired) electrons. The second-order valence-corrected chi connectivity index (χ2v) is 8.34. The maximum absolute atomic E-state index is 12.9.